The van der Waals surface area contributed by atoms with Crippen LogP contribution in [0.15, 0.2) is 0 Å². The quantitative estimate of drug-likeness (QED) is 0.224. The molecule has 2 fully saturated rings. The molecule has 0 aromatic carbocycles. The van der Waals surface area contributed by atoms with Crippen LogP contribution < -0.4 is 0 Å². The van der Waals surface area contributed by atoms with E-state index in [4.69, 9.17) is 37.9 Å². The Balaban J connectivity index is 2.20. The Kier molecular flexibility index (Phi) is 9.56. The zero-order valence-corrected chi connectivity index (χ0v) is 19.0. The lowest BCUT2D eigenvalue weighted by molar-refractivity contribution is -0.308. The van der Waals surface area contributed by atoms with Gasteiger partial charge in [-0.05, 0) is 0 Å². The Labute approximate surface area is 189 Å². The fourth-order valence-corrected chi connectivity index (χ4v) is 3.18. The highest BCUT2D eigenvalue weighted by atomic mass is 16.7. The summed E-state index contributed by atoms with van der Waals surface area (Å²) in [6.45, 7) is 5.48. The smallest absolute Gasteiger partial charge is 0.303 e. The van der Waals surface area contributed by atoms with Crippen molar-refractivity contribution in [1.82, 2.24) is 0 Å². The molecule has 2 saturated heterocycles. The second-order valence-corrected chi connectivity index (χ2v) is 7.42. The van der Waals surface area contributed by atoms with Gasteiger partial charge in [0.1, 0.15) is 31.5 Å². The average molecular weight is 476 g/mol. The van der Waals surface area contributed by atoms with Crippen LogP contribution in [0.3, 0.4) is 0 Å². The van der Waals surface area contributed by atoms with Crippen LogP contribution >= 0.6 is 0 Å². The van der Waals surface area contributed by atoms with Gasteiger partial charge in [0, 0.05) is 34.6 Å². The normalized spacial score (nSPS) is 30.5. The van der Waals surface area contributed by atoms with E-state index in [-0.39, 0.29) is 25.9 Å². The molecule has 2 aliphatic heterocycles. The van der Waals surface area contributed by atoms with Crippen molar-refractivity contribution in [1.29, 1.82) is 0 Å². The third-order valence-electron chi connectivity index (χ3n) is 4.51. The van der Waals surface area contributed by atoms with Gasteiger partial charge in [0.05, 0.1) is 6.61 Å². The average Bonchev–Trinajstić information content (AvgIpc) is 3.44. The van der Waals surface area contributed by atoms with Crippen molar-refractivity contribution < 1.29 is 61.9 Å². The molecule has 2 rings (SSSR count). The number of carbonyl (C=O) groups is 5. The fourth-order valence-electron chi connectivity index (χ4n) is 3.18. The number of carbonyl (C=O) groups excluding carboxylic acids is 5. The van der Waals surface area contributed by atoms with E-state index in [0.717, 1.165) is 20.8 Å². The van der Waals surface area contributed by atoms with Crippen molar-refractivity contribution in [2.75, 3.05) is 19.8 Å². The summed E-state index contributed by atoms with van der Waals surface area (Å²) in [7, 11) is 0. The predicted molar refractivity (Wildman–Crippen MR) is 103 cm³/mol. The minimum Gasteiger partial charge on any atom is -0.463 e. The van der Waals surface area contributed by atoms with Gasteiger partial charge < -0.3 is 37.9 Å². The lowest BCUT2D eigenvalue weighted by Gasteiger charge is -2.44. The van der Waals surface area contributed by atoms with Crippen LogP contribution in [0.25, 0.3) is 0 Å². The molecular weight excluding hydrogens is 448 g/mol. The Bertz CT molecular complexity index is 750. The highest BCUT2D eigenvalue weighted by Gasteiger charge is 2.53. The molecular formula is C20H28O13. The maximum Gasteiger partial charge on any atom is 0.303 e. The van der Waals surface area contributed by atoms with Gasteiger partial charge in [0.25, 0.3) is 0 Å². The second kappa shape index (κ2) is 11.9. The number of ether oxygens (including phenoxy) is 8. The van der Waals surface area contributed by atoms with Crippen LogP contribution in [0.5, 0.6) is 0 Å². The summed E-state index contributed by atoms with van der Waals surface area (Å²) in [5.74, 6) is -3.28. The molecule has 0 aliphatic carbocycles. The van der Waals surface area contributed by atoms with Crippen molar-refractivity contribution in [3.05, 3.63) is 0 Å². The lowest BCUT2D eigenvalue weighted by atomic mass is 9.98. The first kappa shape index (κ1) is 26.5. The molecule has 2 unspecified atom stereocenters. The van der Waals surface area contributed by atoms with E-state index in [9.17, 15) is 24.0 Å². The first-order valence-corrected chi connectivity index (χ1v) is 10.2. The first-order valence-electron chi connectivity index (χ1n) is 10.2. The molecule has 0 aromatic rings. The van der Waals surface area contributed by atoms with Gasteiger partial charge >= 0.3 is 29.8 Å². The zero-order chi connectivity index (χ0) is 24.7. The molecule has 0 bridgehead atoms. The predicted octanol–water partition coefficient (Wildman–Crippen LogP) is -0.583. The summed E-state index contributed by atoms with van der Waals surface area (Å²) < 4.78 is 42.6. The number of esters is 5. The van der Waals surface area contributed by atoms with E-state index in [1.807, 2.05) is 0 Å². The summed E-state index contributed by atoms with van der Waals surface area (Å²) in [4.78, 5) is 57.4. The molecule has 2 aliphatic rings. The Morgan fingerprint density at radius 2 is 1.00 bits per heavy atom. The number of hydrogen-bond donors (Lipinski definition) is 0. The van der Waals surface area contributed by atoms with Gasteiger partial charge in [-0.15, -0.1) is 0 Å². The Morgan fingerprint density at radius 1 is 0.545 bits per heavy atom. The summed E-state index contributed by atoms with van der Waals surface area (Å²) >= 11 is 0. The second-order valence-electron chi connectivity index (χ2n) is 7.42. The van der Waals surface area contributed by atoms with E-state index in [2.05, 4.69) is 0 Å². The van der Waals surface area contributed by atoms with Gasteiger partial charge in [-0.25, -0.2) is 0 Å². The van der Waals surface area contributed by atoms with Gasteiger partial charge in [-0.2, -0.15) is 0 Å². The topological polar surface area (TPSA) is 162 Å². The minimum atomic E-state index is -1.31. The van der Waals surface area contributed by atoms with Crippen LogP contribution in [-0.2, 0) is 61.9 Å². The summed E-state index contributed by atoms with van der Waals surface area (Å²) in [5.41, 5.74) is 0. The molecule has 0 saturated carbocycles. The molecule has 0 radical (unpaired) electrons. The largest absolute Gasteiger partial charge is 0.463 e. The van der Waals surface area contributed by atoms with Crippen molar-refractivity contribution in [2.24, 2.45) is 0 Å². The first-order chi connectivity index (χ1) is 15.5. The number of epoxide rings is 1. The van der Waals surface area contributed by atoms with Crippen molar-refractivity contribution in [2.45, 2.75) is 77.5 Å². The van der Waals surface area contributed by atoms with E-state index in [0.29, 0.717) is 0 Å². The molecule has 0 aromatic heterocycles. The third-order valence-corrected chi connectivity index (χ3v) is 4.51. The van der Waals surface area contributed by atoms with Gasteiger partial charge in [0.15, 0.2) is 24.6 Å². The minimum absolute atomic E-state index is 0.0420. The van der Waals surface area contributed by atoms with Crippen molar-refractivity contribution >= 4 is 29.8 Å². The Morgan fingerprint density at radius 3 is 1.52 bits per heavy atom. The van der Waals surface area contributed by atoms with Crippen molar-refractivity contribution in [3.63, 3.8) is 0 Å². The highest BCUT2D eigenvalue weighted by molar-refractivity contribution is 5.68. The van der Waals surface area contributed by atoms with Crippen LogP contribution in [-0.4, -0.2) is 92.6 Å². The van der Waals surface area contributed by atoms with Crippen LogP contribution in [0.1, 0.15) is 34.6 Å². The van der Waals surface area contributed by atoms with Gasteiger partial charge in [-0.1, -0.05) is 0 Å². The maximum atomic E-state index is 11.8. The van der Waals surface area contributed by atoms with Crippen LogP contribution in [0.4, 0.5) is 0 Å². The molecule has 0 spiro atoms. The SMILES string of the molecule is CC(=O)OCC1OC1CO[C@H]1O[C@H](COC(C)=O)[C@@H](OC(C)=O)[C@H](OC(C)=O)[C@H]1OC(C)=O. The zero-order valence-electron chi connectivity index (χ0n) is 19.0. The van der Waals surface area contributed by atoms with Crippen molar-refractivity contribution in [3.8, 4) is 0 Å². The maximum absolute atomic E-state index is 11.8. The van der Waals surface area contributed by atoms with Crippen LogP contribution in [0, 0.1) is 0 Å². The molecule has 0 N–H and O–H groups in total. The van der Waals surface area contributed by atoms with E-state index in [1.165, 1.54) is 13.8 Å². The van der Waals surface area contributed by atoms with Crippen LogP contribution in [0.2, 0.25) is 0 Å². The van der Waals surface area contributed by atoms with E-state index >= 15 is 0 Å². The molecule has 7 atom stereocenters. The van der Waals surface area contributed by atoms with E-state index < -0.39 is 66.7 Å². The molecule has 13 heteroatoms. The summed E-state index contributed by atoms with van der Waals surface area (Å²) in [6.07, 6.45) is -7.07. The Hall–Kier alpha value is -2.77. The highest BCUT2D eigenvalue weighted by Crippen LogP contribution is 2.31. The molecule has 0 amide bonds. The monoisotopic (exact) mass is 476 g/mol. The number of hydrogen-bond acceptors (Lipinski definition) is 13. The fraction of sp³-hybridized carbons (Fsp3) is 0.750. The summed E-state index contributed by atoms with van der Waals surface area (Å²) in [6, 6.07) is 0. The van der Waals surface area contributed by atoms with Gasteiger partial charge in [-0.3, -0.25) is 24.0 Å². The van der Waals surface area contributed by atoms with Gasteiger partial charge in [0.2, 0.25) is 0 Å². The molecule has 2 heterocycles. The summed E-state index contributed by atoms with van der Waals surface area (Å²) in [5, 5.41) is 0. The molecule has 13 nitrogen and oxygen atoms in total. The number of rotatable bonds is 10. The lowest BCUT2D eigenvalue weighted by Crippen LogP contribution is -2.63. The third kappa shape index (κ3) is 8.59. The van der Waals surface area contributed by atoms with E-state index in [1.54, 1.807) is 0 Å². The standard InChI is InChI=1S/C20H28O13/c1-9(21)26-6-14-15(32-14)7-28-20-19(31-13(5)25)18(30-12(4)24)17(29-11(3)23)16(33-20)8-27-10(2)22/h14-20H,6-8H2,1-5H3/t14?,15?,16-,17-,18+,19-,20+/m1/s1. The molecule has 33 heavy (non-hydrogen) atoms. The molecule has 186 valence electrons.